The van der Waals surface area contributed by atoms with Gasteiger partial charge in [0.25, 0.3) is 0 Å². The highest BCUT2D eigenvalue weighted by atomic mass is 32.1. The summed E-state index contributed by atoms with van der Waals surface area (Å²) in [7, 11) is 0. The molecule has 1 aliphatic heterocycles. The number of thiophene rings is 1. The van der Waals surface area contributed by atoms with Gasteiger partial charge in [-0.15, -0.1) is 11.3 Å². The van der Waals surface area contributed by atoms with Crippen molar-refractivity contribution >= 4 is 34.2 Å². The van der Waals surface area contributed by atoms with Crippen LogP contribution in [0.3, 0.4) is 0 Å². The second-order valence-electron chi connectivity index (χ2n) is 5.81. The number of rotatable bonds is 5. The number of carboxylic acid groups (broad SMARTS) is 1. The highest BCUT2D eigenvalue weighted by Gasteiger charge is 2.34. The van der Waals surface area contributed by atoms with Crippen LogP contribution in [0.2, 0.25) is 0 Å². The van der Waals surface area contributed by atoms with Crippen molar-refractivity contribution in [2.45, 2.75) is 39.4 Å². The zero-order valence-electron chi connectivity index (χ0n) is 13.7. The van der Waals surface area contributed by atoms with Crippen molar-refractivity contribution in [1.82, 2.24) is 0 Å². The van der Waals surface area contributed by atoms with Gasteiger partial charge in [-0.25, -0.2) is 9.59 Å². The molecule has 0 atom stereocenters. The lowest BCUT2D eigenvalue weighted by Crippen LogP contribution is -2.32. The number of hydrogen-bond acceptors (Lipinski definition) is 6. The number of hydrogen-bond donors (Lipinski definition) is 2. The van der Waals surface area contributed by atoms with Gasteiger partial charge < -0.3 is 19.9 Å². The zero-order chi connectivity index (χ0) is 17.9. The molecule has 0 spiro atoms. The molecule has 0 saturated heterocycles. The Morgan fingerprint density at radius 3 is 2.71 bits per heavy atom. The molecule has 130 valence electrons. The van der Waals surface area contributed by atoms with Crippen molar-refractivity contribution in [2.24, 2.45) is 0 Å². The minimum Gasteiger partial charge on any atom is -0.478 e. The standard InChI is InChI=1S/C16H19NO6S/c1-4-22-15(21)13-9-7-16(2,3)23-8-10(9)24-14(13)17-11(18)5-6-12(19)20/h5-6H,4,7-8H2,1-3H3,(H,17,18)(H,19,20)/b6-5+. The van der Waals surface area contributed by atoms with Gasteiger partial charge in [0, 0.05) is 23.5 Å². The minimum atomic E-state index is -1.23. The first kappa shape index (κ1) is 18.2. The van der Waals surface area contributed by atoms with Crippen LogP contribution < -0.4 is 5.32 Å². The molecule has 0 saturated carbocycles. The van der Waals surface area contributed by atoms with E-state index in [1.807, 2.05) is 13.8 Å². The van der Waals surface area contributed by atoms with Gasteiger partial charge in [-0.1, -0.05) is 0 Å². The number of aliphatic carboxylic acids is 1. The molecule has 1 aromatic heterocycles. The average molecular weight is 353 g/mol. The van der Waals surface area contributed by atoms with E-state index in [2.05, 4.69) is 5.32 Å². The number of amides is 1. The molecule has 0 bridgehead atoms. The Labute approximate surface area is 143 Å². The van der Waals surface area contributed by atoms with Crippen molar-refractivity contribution in [1.29, 1.82) is 0 Å². The van der Waals surface area contributed by atoms with Crippen LogP contribution in [0.4, 0.5) is 5.00 Å². The first-order valence-electron chi connectivity index (χ1n) is 7.41. The maximum absolute atomic E-state index is 12.3. The topological polar surface area (TPSA) is 102 Å². The van der Waals surface area contributed by atoms with Crippen molar-refractivity contribution < 1.29 is 29.0 Å². The molecule has 1 aliphatic rings. The second kappa shape index (κ2) is 7.14. The summed E-state index contributed by atoms with van der Waals surface area (Å²) in [5, 5.41) is 11.5. The maximum atomic E-state index is 12.3. The first-order valence-corrected chi connectivity index (χ1v) is 8.22. The lowest BCUT2D eigenvalue weighted by molar-refractivity contribution is -0.131. The average Bonchev–Trinajstić information content (AvgIpc) is 2.81. The Bertz CT molecular complexity index is 704. The van der Waals surface area contributed by atoms with Crippen molar-refractivity contribution in [2.75, 3.05) is 11.9 Å². The van der Waals surface area contributed by atoms with Crippen LogP contribution in [0.25, 0.3) is 0 Å². The van der Waals surface area contributed by atoms with E-state index in [1.165, 1.54) is 11.3 Å². The largest absolute Gasteiger partial charge is 0.478 e. The van der Waals surface area contributed by atoms with Crippen LogP contribution >= 0.6 is 11.3 Å². The summed E-state index contributed by atoms with van der Waals surface area (Å²) in [5.74, 6) is -2.36. The molecule has 0 unspecified atom stereocenters. The van der Waals surface area contributed by atoms with E-state index in [0.717, 1.165) is 22.6 Å². The maximum Gasteiger partial charge on any atom is 0.341 e. The molecule has 0 fully saturated rings. The van der Waals surface area contributed by atoms with E-state index >= 15 is 0 Å². The second-order valence-corrected chi connectivity index (χ2v) is 6.92. The van der Waals surface area contributed by atoms with E-state index in [4.69, 9.17) is 14.6 Å². The van der Waals surface area contributed by atoms with E-state index in [0.29, 0.717) is 23.6 Å². The fourth-order valence-electron chi connectivity index (χ4n) is 2.36. The van der Waals surface area contributed by atoms with E-state index in [1.54, 1.807) is 6.92 Å². The van der Waals surface area contributed by atoms with Gasteiger partial charge >= 0.3 is 11.9 Å². The van der Waals surface area contributed by atoms with E-state index in [-0.39, 0.29) is 6.61 Å². The third-order valence-electron chi connectivity index (χ3n) is 3.38. The molecule has 24 heavy (non-hydrogen) atoms. The van der Waals surface area contributed by atoms with Crippen molar-refractivity contribution in [3.05, 3.63) is 28.2 Å². The number of carbonyl (C=O) groups excluding carboxylic acids is 2. The van der Waals surface area contributed by atoms with Crippen LogP contribution in [-0.4, -0.2) is 35.2 Å². The van der Waals surface area contributed by atoms with Crippen LogP contribution in [0.1, 0.15) is 41.6 Å². The summed E-state index contributed by atoms with van der Waals surface area (Å²) in [6, 6.07) is 0. The summed E-state index contributed by atoms with van der Waals surface area (Å²) in [4.78, 5) is 35.5. The number of ether oxygens (including phenoxy) is 2. The minimum absolute atomic E-state index is 0.218. The van der Waals surface area contributed by atoms with Crippen molar-refractivity contribution in [3.8, 4) is 0 Å². The molecule has 0 radical (unpaired) electrons. The first-order chi connectivity index (χ1) is 11.2. The predicted octanol–water partition coefficient (Wildman–Crippen LogP) is 2.36. The van der Waals surface area contributed by atoms with Crippen LogP contribution in [0.5, 0.6) is 0 Å². The Morgan fingerprint density at radius 2 is 2.08 bits per heavy atom. The molecule has 1 amide bonds. The molecule has 7 nitrogen and oxygen atoms in total. The molecule has 1 aromatic rings. The van der Waals surface area contributed by atoms with Crippen molar-refractivity contribution in [3.63, 3.8) is 0 Å². The number of esters is 1. The number of anilines is 1. The molecule has 2 rings (SSSR count). The molecular weight excluding hydrogens is 334 g/mol. The molecular formula is C16H19NO6S. The van der Waals surface area contributed by atoms with E-state index < -0.39 is 23.4 Å². The monoisotopic (exact) mass is 353 g/mol. The fourth-order valence-corrected chi connectivity index (χ4v) is 3.48. The third kappa shape index (κ3) is 4.21. The molecule has 2 N–H and O–H groups in total. The normalized spacial score (nSPS) is 15.8. The Kier molecular flexibility index (Phi) is 5.40. The highest BCUT2D eigenvalue weighted by Crippen LogP contribution is 2.40. The van der Waals surface area contributed by atoms with Crippen LogP contribution in [-0.2, 0) is 32.1 Å². The summed E-state index contributed by atoms with van der Waals surface area (Å²) >= 11 is 1.24. The number of fused-ring (bicyclic) bond motifs is 1. The van der Waals surface area contributed by atoms with Gasteiger partial charge in [-0.05, 0) is 26.3 Å². The summed E-state index contributed by atoms with van der Waals surface area (Å²) < 4.78 is 10.8. The predicted molar refractivity (Wildman–Crippen MR) is 88.3 cm³/mol. The molecule has 0 aromatic carbocycles. The van der Waals surface area contributed by atoms with Gasteiger partial charge in [0.1, 0.15) is 5.00 Å². The number of carbonyl (C=O) groups is 3. The molecule has 2 heterocycles. The lowest BCUT2D eigenvalue weighted by Gasteiger charge is -2.30. The Hall–Kier alpha value is -2.19. The highest BCUT2D eigenvalue weighted by molar-refractivity contribution is 7.17. The van der Waals surface area contributed by atoms with Gasteiger partial charge in [0.05, 0.1) is 24.4 Å². The van der Waals surface area contributed by atoms with Gasteiger partial charge in [0.2, 0.25) is 5.91 Å². The van der Waals surface area contributed by atoms with Crippen LogP contribution in [0.15, 0.2) is 12.2 Å². The quantitative estimate of drug-likeness (QED) is 0.622. The van der Waals surface area contributed by atoms with Gasteiger partial charge in [-0.2, -0.15) is 0 Å². The zero-order valence-corrected chi connectivity index (χ0v) is 14.5. The Balaban J connectivity index is 2.37. The van der Waals surface area contributed by atoms with Gasteiger partial charge in [0.15, 0.2) is 0 Å². The number of nitrogens with one attached hydrogen (secondary N) is 1. The Morgan fingerprint density at radius 1 is 1.38 bits per heavy atom. The lowest BCUT2D eigenvalue weighted by atomic mass is 9.93. The smallest absolute Gasteiger partial charge is 0.341 e. The number of carboxylic acids is 1. The summed E-state index contributed by atoms with van der Waals surface area (Å²) in [6.07, 6.45) is 2.16. The van der Waals surface area contributed by atoms with Crippen LogP contribution in [0, 0.1) is 0 Å². The molecule has 0 aliphatic carbocycles. The fraction of sp³-hybridized carbons (Fsp3) is 0.438. The molecule has 8 heteroatoms. The van der Waals surface area contributed by atoms with Gasteiger partial charge in [-0.3, -0.25) is 4.79 Å². The summed E-state index contributed by atoms with van der Waals surface area (Å²) in [5.41, 5.74) is 0.720. The SMILES string of the molecule is CCOC(=O)c1c(NC(=O)/C=C/C(=O)O)sc2c1CC(C)(C)OC2. The third-order valence-corrected chi connectivity index (χ3v) is 4.50. The van der Waals surface area contributed by atoms with E-state index in [9.17, 15) is 14.4 Å². The summed E-state index contributed by atoms with van der Waals surface area (Å²) in [6.45, 7) is 6.13.